The van der Waals surface area contributed by atoms with Crippen LogP contribution in [0.5, 0.6) is 11.5 Å². The van der Waals surface area contributed by atoms with Crippen LogP contribution in [0.15, 0.2) is 42.6 Å². The molecule has 94 valence electrons. The largest absolute Gasteiger partial charge is 0.490 e. The monoisotopic (exact) mass is 263 g/mol. The first-order valence-corrected chi connectivity index (χ1v) is 6.06. The van der Waals surface area contributed by atoms with Gasteiger partial charge < -0.3 is 9.47 Å². The number of pyridine rings is 1. The predicted octanol–water partition coefficient (Wildman–Crippen LogP) is 3.50. The Bertz CT molecular complexity index is 517. The number of rotatable bonds is 5. The summed E-state index contributed by atoms with van der Waals surface area (Å²) in [6, 6.07) is 11.5. The highest BCUT2D eigenvalue weighted by atomic mass is 35.5. The summed E-state index contributed by atoms with van der Waals surface area (Å²) in [6.45, 7) is 2.92. The minimum Gasteiger partial charge on any atom is -0.490 e. The molecule has 0 saturated carbocycles. The fourth-order valence-corrected chi connectivity index (χ4v) is 1.67. The van der Waals surface area contributed by atoms with E-state index in [0.29, 0.717) is 24.1 Å². The molecule has 0 N–H and O–H groups in total. The molecule has 0 saturated heterocycles. The predicted molar refractivity (Wildman–Crippen MR) is 71.4 cm³/mol. The summed E-state index contributed by atoms with van der Waals surface area (Å²) >= 11 is 5.86. The Labute approximate surface area is 111 Å². The van der Waals surface area contributed by atoms with E-state index in [0.717, 1.165) is 5.75 Å². The smallest absolute Gasteiger partial charge is 0.171 e. The minimum absolute atomic E-state index is 0.369. The van der Waals surface area contributed by atoms with E-state index in [1.165, 1.54) is 5.56 Å². The van der Waals surface area contributed by atoms with Crippen LogP contribution in [-0.4, -0.2) is 18.2 Å². The van der Waals surface area contributed by atoms with Gasteiger partial charge in [-0.1, -0.05) is 23.7 Å². The Balaban J connectivity index is 1.78. The number of aryl methyl sites for hydroxylation is 1. The van der Waals surface area contributed by atoms with E-state index in [1.54, 1.807) is 18.3 Å². The molecule has 0 spiro atoms. The van der Waals surface area contributed by atoms with Gasteiger partial charge in [-0.05, 0) is 36.8 Å². The molecule has 0 radical (unpaired) electrons. The van der Waals surface area contributed by atoms with Crippen LogP contribution in [0.4, 0.5) is 0 Å². The molecule has 3 nitrogen and oxygen atoms in total. The van der Waals surface area contributed by atoms with Crippen LogP contribution in [0.1, 0.15) is 5.56 Å². The maximum Gasteiger partial charge on any atom is 0.171 e. The average molecular weight is 264 g/mol. The zero-order valence-corrected chi connectivity index (χ0v) is 10.9. The number of nitrogens with zero attached hydrogens (tertiary/aromatic N) is 1. The lowest BCUT2D eigenvalue weighted by atomic mass is 10.2. The van der Waals surface area contributed by atoms with Crippen molar-refractivity contribution >= 4 is 11.6 Å². The van der Waals surface area contributed by atoms with Crippen molar-refractivity contribution in [1.82, 2.24) is 4.98 Å². The lowest BCUT2D eigenvalue weighted by Gasteiger charge is -2.09. The second-order valence-electron chi connectivity index (χ2n) is 3.81. The van der Waals surface area contributed by atoms with Gasteiger partial charge in [-0.3, -0.25) is 0 Å². The van der Waals surface area contributed by atoms with Crippen molar-refractivity contribution in [2.75, 3.05) is 13.2 Å². The fourth-order valence-electron chi connectivity index (χ4n) is 1.50. The lowest BCUT2D eigenvalue weighted by Crippen LogP contribution is -2.09. The quantitative estimate of drug-likeness (QED) is 0.611. The van der Waals surface area contributed by atoms with Gasteiger partial charge in [0.25, 0.3) is 0 Å². The second-order valence-corrected chi connectivity index (χ2v) is 4.16. The highest BCUT2D eigenvalue weighted by molar-refractivity contribution is 6.30. The summed E-state index contributed by atoms with van der Waals surface area (Å²) in [5.41, 5.74) is 1.17. The minimum atomic E-state index is 0.369. The molecule has 1 aromatic heterocycles. The van der Waals surface area contributed by atoms with Crippen molar-refractivity contribution in [1.29, 1.82) is 0 Å². The van der Waals surface area contributed by atoms with Crippen molar-refractivity contribution in [3.05, 3.63) is 53.3 Å². The molecular weight excluding hydrogens is 250 g/mol. The molecule has 0 aliphatic carbocycles. The summed E-state index contributed by atoms with van der Waals surface area (Å²) < 4.78 is 11.0. The maximum absolute atomic E-state index is 5.86. The van der Waals surface area contributed by atoms with E-state index in [2.05, 4.69) is 4.98 Å². The number of ether oxygens (including phenoxy) is 2. The average Bonchev–Trinajstić information content (AvgIpc) is 2.37. The Morgan fingerprint density at radius 3 is 2.72 bits per heavy atom. The number of hydrogen-bond donors (Lipinski definition) is 0. The van der Waals surface area contributed by atoms with Gasteiger partial charge >= 0.3 is 0 Å². The molecule has 0 bridgehead atoms. The number of aromatic nitrogens is 1. The Morgan fingerprint density at radius 2 is 1.94 bits per heavy atom. The van der Waals surface area contributed by atoms with Crippen LogP contribution in [0, 0.1) is 6.92 Å². The third kappa shape index (κ3) is 3.64. The molecule has 0 atom stereocenters. The van der Waals surface area contributed by atoms with E-state index in [9.17, 15) is 0 Å². The van der Waals surface area contributed by atoms with Crippen molar-refractivity contribution < 1.29 is 9.47 Å². The fraction of sp³-hybridized carbons (Fsp3) is 0.214. The normalized spacial score (nSPS) is 10.1. The van der Waals surface area contributed by atoms with Crippen molar-refractivity contribution in [2.45, 2.75) is 6.92 Å². The van der Waals surface area contributed by atoms with Gasteiger partial charge in [-0.15, -0.1) is 0 Å². The Morgan fingerprint density at radius 1 is 1.11 bits per heavy atom. The van der Waals surface area contributed by atoms with E-state index >= 15 is 0 Å². The molecule has 18 heavy (non-hydrogen) atoms. The van der Waals surface area contributed by atoms with Gasteiger partial charge in [-0.2, -0.15) is 0 Å². The lowest BCUT2D eigenvalue weighted by molar-refractivity contribution is 0.216. The van der Waals surface area contributed by atoms with Crippen molar-refractivity contribution in [3.8, 4) is 11.5 Å². The van der Waals surface area contributed by atoms with Crippen LogP contribution < -0.4 is 9.47 Å². The van der Waals surface area contributed by atoms with Gasteiger partial charge in [0.05, 0.1) is 0 Å². The number of halogens is 1. The van der Waals surface area contributed by atoms with E-state index in [1.807, 2.05) is 31.2 Å². The molecule has 2 aromatic rings. The van der Waals surface area contributed by atoms with Crippen LogP contribution >= 0.6 is 11.6 Å². The molecule has 2 rings (SSSR count). The third-order valence-corrected chi connectivity index (χ3v) is 2.61. The number of hydrogen-bond acceptors (Lipinski definition) is 3. The van der Waals surface area contributed by atoms with Gasteiger partial charge in [0, 0.05) is 6.20 Å². The summed E-state index contributed by atoms with van der Waals surface area (Å²) in [7, 11) is 0. The Kier molecular flexibility index (Phi) is 4.42. The third-order valence-electron chi connectivity index (χ3n) is 2.32. The van der Waals surface area contributed by atoms with Crippen LogP contribution in [0.25, 0.3) is 0 Å². The number of benzene rings is 1. The highest BCUT2D eigenvalue weighted by Gasteiger charge is 2.01. The van der Waals surface area contributed by atoms with Gasteiger partial charge in [-0.25, -0.2) is 4.98 Å². The summed E-state index contributed by atoms with van der Waals surface area (Å²) in [5.74, 6) is 1.42. The Hall–Kier alpha value is -1.74. The highest BCUT2D eigenvalue weighted by Crippen LogP contribution is 2.20. The molecule has 0 aliphatic rings. The second kappa shape index (κ2) is 6.26. The zero-order chi connectivity index (χ0) is 12.8. The standard InChI is InChI=1S/C14H14ClNO2/c1-11-4-2-5-12(10-11)17-8-9-18-13-6-3-7-16-14(13)15/h2-7,10H,8-9H2,1H3. The molecule has 1 heterocycles. The van der Waals surface area contributed by atoms with Gasteiger partial charge in [0.2, 0.25) is 0 Å². The summed E-state index contributed by atoms with van der Waals surface area (Å²) in [6.07, 6.45) is 1.62. The van der Waals surface area contributed by atoms with Crippen molar-refractivity contribution in [2.24, 2.45) is 0 Å². The maximum atomic E-state index is 5.86. The summed E-state index contributed by atoms with van der Waals surface area (Å²) in [5, 5.41) is 0.369. The van der Waals surface area contributed by atoms with Gasteiger partial charge in [0.1, 0.15) is 19.0 Å². The molecule has 0 fully saturated rings. The molecule has 0 aliphatic heterocycles. The van der Waals surface area contributed by atoms with Crippen LogP contribution in [0.3, 0.4) is 0 Å². The molecular formula is C14H14ClNO2. The first-order valence-electron chi connectivity index (χ1n) is 5.68. The van der Waals surface area contributed by atoms with E-state index < -0.39 is 0 Å². The van der Waals surface area contributed by atoms with Crippen LogP contribution in [0.2, 0.25) is 5.15 Å². The molecule has 0 amide bonds. The van der Waals surface area contributed by atoms with Gasteiger partial charge in [0.15, 0.2) is 10.9 Å². The molecule has 4 heteroatoms. The first kappa shape index (κ1) is 12.7. The van der Waals surface area contributed by atoms with Crippen molar-refractivity contribution in [3.63, 3.8) is 0 Å². The van der Waals surface area contributed by atoms with Crippen LogP contribution in [-0.2, 0) is 0 Å². The topological polar surface area (TPSA) is 31.4 Å². The van der Waals surface area contributed by atoms with E-state index in [4.69, 9.17) is 21.1 Å². The molecule has 0 unspecified atom stereocenters. The summed E-state index contributed by atoms with van der Waals surface area (Å²) in [4.78, 5) is 3.93. The van der Waals surface area contributed by atoms with E-state index in [-0.39, 0.29) is 0 Å². The SMILES string of the molecule is Cc1cccc(OCCOc2cccnc2Cl)c1. The first-order chi connectivity index (χ1) is 8.75. The molecule has 1 aromatic carbocycles. The zero-order valence-electron chi connectivity index (χ0n) is 10.1.